The average molecular weight is 481 g/mol. The van der Waals surface area contributed by atoms with Crippen LogP contribution >= 0.6 is 0 Å². The standard InChI is InChI=1S/C27H37FN6O/c1-7-9-18(2)23-29-24(32-14-8-15-33(17-16-32)26(35)27(4,5)6)22-19(3)31-34(25(22)30-23)21-12-10-20(28)11-13-21/h10-13,18H,7-9,14-17H2,1-6H3/t18-/m0/s1. The van der Waals surface area contributed by atoms with Gasteiger partial charge < -0.3 is 9.80 Å². The van der Waals surface area contributed by atoms with Crippen LogP contribution in [0.25, 0.3) is 16.7 Å². The summed E-state index contributed by atoms with van der Waals surface area (Å²) < 4.78 is 15.4. The molecule has 8 heteroatoms. The predicted molar refractivity (Wildman–Crippen MR) is 138 cm³/mol. The molecule has 0 unspecified atom stereocenters. The highest BCUT2D eigenvalue weighted by Gasteiger charge is 2.30. The van der Waals surface area contributed by atoms with Crippen molar-refractivity contribution in [2.75, 3.05) is 31.1 Å². The Morgan fingerprint density at radius 3 is 2.46 bits per heavy atom. The number of rotatable bonds is 5. The van der Waals surface area contributed by atoms with Crippen molar-refractivity contribution in [1.29, 1.82) is 0 Å². The third kappa shape index (κ3) is 5.16. The summed E-state index contributed by atoms with van der Waals surface area (Å²) in [6, 6.07) is 6.33. The predicted octanol–water partition coefficient (Wildman–Crippen LogP) is 5.25. The van der Waals surface area contributed by atoms with E-state index in [0.717, 1.165) is 66.4 Å². The Balaban J connectivity index is 1.79. The quantitative estimate of drug-likeness (QED) is 0.499. The first-order chi connectivity index (χ1) is 16.6. The molecule has 3 aromatic rings. The van der Waals surface area contributed by atoms with Crippen molar-refractivity contribution in [1.82, 2.24) is 24.6 Å². The summed E-state index contributed by atoms with van der Waals surface area (Å²) in [5.41, 5.74) is 1.94. The van der Waals surface area contributed by atoms with E-state index in [4.69, 9.17) is 15.1 Å². The number of amides is 1. The van der Waals surface area contributed by atoms with Gasteiger partial charge in [-0.2, -0.15) is 5.10 Å². The van der Waals surface area contributed by atoms with Gasteiger partial charge in [0, 0.05) is 37.5 Å². The van der Waals surface area contributed by atoms with Crippen LogP contribution < -0.4 is 4.90 Å². The molecule has 1 aromatic carbocycles. The van der Waals surface area contributed by atoms with Crippen molar-refractivity contribution in [3.63, 3.8) is 0 Å². The van der Waals surface area contributed by atoms with E-state index in [-0.39, 0.29) is 17.6 Å². The third-order valence-corrected chi connectivity index (χ3v) is 6.66. The van der Waals surface area contributed by atoms with Gasteiger partial charge >= 0.3 is 0 Å². The van der Waals surface area contributed by atoms with Crippen molar-refractivity contribution in [2.24, 2.45) is 5.41 Å². The topological polar surface area (TPSA) is 67.2 Å². The van der Waals surface area contributed by atoms with Gasteiger partial charge in [0.15, 0.2) is 5.65 Å². The number of carbonyl (C=O) groups is 1. The molecule has 2 aromatic heterocycles. The largest absolute Gasteiger partial charge is 0.354 e. The number of benzene rings is 1. The Morgan fingerprint density at radius 2 is 1.80 bits per heavy atom. The Kier molecular flexibility index (Phi) is 7.10. The lowest BCUT2D eigenvalue weighted by molar-refractivity contribution is -0.139. The van der Waals surface area contributed by atoms with Gasteiger partial charge in [0.2, 0.25) is 5.91 Å². The smallest absolute Gasteiger partial charge is 0.228 e. The monoisotopic (exact) mass is 480 g/mol. The van der Waals surface area contributed by atoms with Gasteiger partial charge in [-0.1, -0.05) is 41.0 Å². The molecule has 1 amide bonds. The van der Waals surface area contributed by atoms with E-state index in [9.17, 15) is 9.18 Å². The molecular formula is C27H37FN6O. The van der Waals surface area contributed by atoms with Gasteiger partial charge in [-0.15, -0.1) is 0 Å². The number of nitrogens with zero attached hydrogens (tertiary/aromatic N) is 6. The number of fused-ring (bicyclic) bond motifs is 1. The van der Waals surface area contributed by atoms with Gasteiger partial charge in [-0.3, -0.25) is 4.79 Å². The van der Waals surface area contributed by atoms with Gasteiger partial charge in [-0.05, 0) is 44.0 Å². The minimum atomic E-state index is -0.396. The number of aromatic nitrogens is 4. The van der Waals surface area contributed by atoms with Gasteiger partial charge in [0.25, 0.3) is 0 Å². The van der Waals surface area contributed by atoms with Crippen LogP contribution in [0.1, 0.15) is 71.3 Å². The zero-order valence-corrected chi connectivity index (χ0v) is 21.8. The van der Waals surface area contributed by atoms with E-state index in [1.165, 1.54) is 12.1 Å². The van der Waals surface area contributed by atoms with Crippen molar-refractivity contribution >= 4 is 22.8 Å². The molecule has 1 fully saturated rings. The highest BCUT2D eigenvalue weighted by atomic mass is 19.1. The Bertz CT molecular complexity index is 1200. The maximum Gasteiger partial charge on any atom is 0.228 e. The van der Waals surface area contributed by atoms with Gasteiger partial charge in [-0.25, -0.2) is 19.0 Å². The molecule has 0 radical (unpaired) electrons. The Labute approximate surface area is 207 Å². The fourth-order valence-corrected chi connectivity index (χ4v) is 4.76. The maximum atomic E-state index is 13.6. The lowest BCUT2D eigenvalue weighted by Crippen LogP contribution is -2.41. The van der Waals surface area contributed by atoms with E-state index in [1.54, 1.807) is 16.8 Å². The maximum absolute atomic E-state index is 13.6. The molecular weight excluding hydrogens is 443 g/mol. The SMILES string of the molecule is CCC[C@H](C)c1nc(N2CCCN(C(=O)C(C)(C)C)CC2)c2c(C)nn(-c3ccc(F)cc3)c2n1. The van der Waals surface area contributed by atoms with Crippen molar-refractivity contribution in [2.45, 2.75) is 66.7 Å². The summed E-state index contributed by atoms with van der Waals surface area (Å²) in [5.74, 6) is 1.78. The minimum absolute atomic E-state index is 0.185. The lowest BCUT2D eigenvalue weighted by atomic mass is 9.94. The van der Waals surface area contributed by atoms with Crippen LogP contribution in [-0.4, -0.2) is 56.7 Å². The second-order valence-electron chi connectivity index (χ2n) is 10.7. The first kappa shape index (κ1) is 25.1. The first-order valence-electron chi connectivity index (χ1n) is 12.7. The van der Waals surface area contributed by atoms with E-state index in [0.29, 0.717) is 13.1 Å². The molecule has 0 spiro atoms. The number of aryl methyl sites for hydroxylation is 1. The van der Waals surface area contributed by atoms with Crippen LogP contribution in [0.4, 0.5) is 10.2 Å². The Morgan fingerprint density at radius 1 is 1.09 bits per heavy atom. The fraction of sp³-hybridized carbons (Fsp3) is 0.556. The molecule has 3 heterocycles. The number of carbonyl (C=O) groups excluding carboxylic acids is 1. The molecule has 0 bridgehead atoms. The average Bonchev–Trinajstić information content (AvgIpc) is 2.98. The lowest BCUT2D eigenvalue weighted by Gasteiger charge is -2.28. The number of hydrogen-bond acceptors (Lipinski definition) is 5. The molecule has 35 heavy (non-hydrogen) atoms. The van der Waals surface area contributed by atoms with E-state index in [2.05, 4.69) is 18.7 Å². The third-order valence-electron chi connectivity index (χ3n) is 6.66. The molecule has 0 aliphatic carbocycles. The van der Waals surface area contributed by atoms with Gasteiger partial charge in [0.1, 0.15) is 17.5 Å². The first-order valence-corrected chi connectivity index (χ1v) is 12.7. The molecule has 0 saturated carbocycles. The molecule has 7 nitrogen and oxygen atoms in total. The molecule has 4 rings (SSSR count). The molecule has 1 aliphatic rings. The van der Waals surface area contributed by atoms with E-state index >= 15 is 0 Å². The fourth-order valence-electron chi connectivity index (χ4n) is 4.76. The molecule has 188 valence electrons. The Hall–Kier alpha value is -3.03. The summed E-state index contributed by atoms with van der Waals surface area (Å²) >= 11 is 0. The van der Waals surface area contributed by atoms with Crippen LogP contribution in [0.3, 0.4) is 0 Å². The van der Waals surface area contributed by atoms with Crippen LogP contribution in [0.5, 0.6) is 0 Å². The summed E-state index contributed by atoms with van der Waals surface area (Å²) in [5, 5.41) is 5.71. The number of anilines is 1. The highest BCUT2D eigenvalue weighted by Crippen LogP contribution is 2.32. The second kappa shape index (κ2) is 9.91. The summed E-state index contributed by atoms with van der Waals surface area (Å²) in [7, 11) is 0. The zero-order chi connectivity index (χ0) is 25.3. The van der Waals surface area contributed by atoms with Crippen molar-refractivity contribution < 1.29 is 9.18 Å². The zero-order valence-electron chi connectivity index (χ0n) is 21.8. The molecule has 1 saturated heterocycles. The van der Waals surface area contributed by atoms with E-state index < -0.39 is 5.41 Å². The molecule has 0 N–H and O–H groups in total. The second-order valence-corrected chi connectivity index (χ2v) is 10.7. The summed E-state index contributed by atoms with van der Waals surface area (Å²) in [6.07, 6.45) is 2.91. The minimum Gasteiger partial charge on any atom is -0.354 e. The van der Waals surface area contributed by atoms with E-state index in [1.807, 2.05) is 32.6 Å². The van der Waals surface area contributed by atoms with Gasteiger partial charge in [0.05, 0.1) is 16.8 Å². The van der Waals surface area contributed by atoms with Crippen LogP contribution in [0, 0.1) is 18.2 Å². The van der Waals surface area contributed by atoms with Crippen LogP contribution in [0.2, 0.25) is 0 Å². The number of hydrogen-bond donors (Lipinski definition) is 0. The van der Waals surface area contributed by atoms with Crippen LogP contribution in [0.15, 0.2) is 24.3 Å². The summed E-state index contributed by atoms with van der Waals surface area (Å²) in [6.45, 7) is 15.1. The van der Waals surface area contributed by atoms with Crippen molar-refractivity contribution in [3.8, 4) is 5.69 Å². The van der Waals surface area contributed by atoms with Crippen LogP contribution in [-0.2, 0) is 4.79 Å². The number of halogens is 1. The normalized spacial score (nSPS) is 16.0. The molecule has 1 aliphatic heterocycles. The highest BCUT2D eigenvalue weighted by molar-refractivity contribution is 5.91. The summed E-state index contributed by atoms with van der Waals surface area (Å²) in [4.78, 5) is 27.2. The molecule has 1 atom stereocenters. The van der Waals surface area contributed by atoms with Crippen molar-refractivity contribution in [3.05, 3.63) is 41.6 Å².